The van der Waals surface area contributed by atoms with E-state index in [1.165, 1.54) is 6.20 Å². The molecule has 0 spiro atoms. The quantitative estimate of drug-likeness (QED) is 0.832. The summed E-state index contributed by atoms with van der Waals surface area (Å²) in [6, 6.07) is -0.0250. The van der Waals surface area contributed by atoms with Gasteiger partial charge in [0.1, 0.15) is 4.90 Å². The summed E-state index contributed by atoms with van der Waals surface area (Å²) in [7, 11) is -3.45. The number of alkyl halides is 1. The minimum atomic E-state index is -3.45. The van der Waals surface area contributed by atoms with Gasteiger partial charge in [0.25, 0.3) is 0 Å². The molecule has 96 valence electrons. The van der Waals surface area contributed by atoms with Crippen molar-refractivity contribution in [1.29, 1.82) is 0 Å². The first-order valence-electron chi connectivity index (χ1n) is 5.67. The number of aromatic nitrogens is 2. The molecule has 0 aromatic carbocycles. The summed E-state index contributed by atoms with van der Waals surface area (Å²) < 4.78 is 27.0. The zero-order valence-corrected chi connectivity index (χ0v) is 12.0. The highest BCUT2D eigenvalue weighted by molar-refractivity contribution is 9.09. The van der Waals surface area contributed by atoms with Crippen molar-refractivity contribution in [3.05, 3.63) is 11.9 Å². The van der Waals surface area contributed by atoms with E-state index in [1.54, 1.807) is 6.92 Å². The molecule has 0 aliphatic heterocycles. The predicted octanol–water partition coefficient (Wildman–Crippen LogP) is 1.70. The first-order chi connectivity index (χ1) is 8.00. The van der Waals surface area contributed by atoms with Gasteiger partial charge in [0.05, 0.1) is 11.9 Å². The number of hydrogen-bond acceptors (Lipinski definition) is 3. The van der Waals surface area contributed by atoms with Crippen LogP contribution in [0.15, 0.2) is 11.1 Å². The van der Waals surface area contributed by atoms with Crippen LogP contribution < -0.4 is 4.72 Å². The molecule has 2 N–H and O–H groups in total. The molecule has 1 fully saturated rings. The van der Waals surface area contributed by atoms with Crippen LogP contribution in [0.25, 0.3) is 0 Å². The lowest BCUT2D eigenvalue weighted by Gasteiger charge is -2.27. The molecule has 1 saturated carbocycles. The summed E-state index contributed by atoms with van der Waals surface area (Å²) in [6.45, 7) is 1.70. The number of halogens is 1. The van der Waals surface area contributed by atoms with Crippen molar-refractivity contribution in [3.63, 3.8) is 0 Å². The lowest BCUT2D eigenvalue weighted by atomic mass is 9.96. The smallest absolute Gasteiger partial charge is 0.244 e. The highest BCUT2D eigenvalue weighted by Gasteiger charge is 2.29. The van der Waals surface area contributed by atoms with E-state index in [-0.39, 0.29) is 15.8 Å². The molecular weight excluding hydrogens is 306 g/mol. The van der Waals surface area contributed by atoms with Crippen LogP contribution >= 0.6 is 15.9 Å². The summed E-state index contributed by atoms with van der Waals surface area (Å²) in [5.41, 5.74) is 0.569. The highest BCUT2D eigenvalue weighted by atomic mass is 79.9. The number of nitrogens with zero attached hydrogens (tertiary/aromatic N) is 1. The maximum atomic E-state index is 12.1. The maximum Gasteiger partial charge on any atom is 0.244 e. The van der Waals surface area contributed by atoms with E-state index in [9.17, 15) is 8.42 Å². The summed E-state index contributed by atoms with van der Waals surface area (Å²) in [4.78, 5) is 0.459. The first kappa shape index (κ1) is 13.0. The van der Waals surface area contributed by atoms with Gasteiger partial charge in [-0.1, -0.05) is 28.8 Å². The van der Waals surface area contributed by atoms with Gasteiger partial charge in [0, 0.05) is 10.9 Å². The summed E-state index contributed by atoms with van der Waals surface area (Å²) in [5, 5.41) is 6.39. The van der Waals surface area contributed by atoms with Crippen LogP contribution in [0.5, 0.6) is 0 Å². The second-order valence-corrected chi connectivity index (χ2v) is 7.25. The molecule has 1 aliphatic carbocycles. The average Bonchev–Trinajstić information content (AvgIpc) is 2.68. The van der Waals surface area contributed by atoms with Gasteiger partial charge in [0.2, 0.25) is 10.0 Å². The Morgan fingerprint density at radius 1 is 1.47 bits per heavy atom. The molecule has 1 aromatic rings. The fraction of sp³-hybridized carbons (Fsp3) is 0.700. The van der Waals surface area contributed by atoms with Crippen molar-refractivity contribution in [2.75, 3.05) is 0 Å². The van der Waals surface area contributed by atoms with E-state index in [2.05, 4.69) is 30.8 Å². The molecule has 17 heavy (non-hydrogen) atoms. The Morgan fingerprint density at radius 3 is 2.76 bits per heavy atom. The number of aromatic amines is 1. The number of nitrogens with one attached hydrogen (secondary N) is 2. The molecular formula is C10H16BrN3O2S. The lowest BCUT2D eigenvalue weighted by Crippen LogP contribution is -2.42. The Labute approximate surface area is 110 Å². The van der Waals surface area contributed by atoms with Gasteiger partial charge in [-0.05, 0) is 19.8 Å². The fourth-order valence-corrected chi connectivity index (χ4v) is 4.43. The first-order valence-corrected chi connectivity index (χ1v) is 8.07. The van der Waals surface area contributed by atoms with E-state index >= 15 is 0 Å². The summed E-state index contributed by atoms with van der Waals surface area (Å²) in [5.74, 6) is 0. The third-order valence-electron chi connectivity index (χ3n) is 3.06. The average molecular weight is 322 g/mol. The molecule has 0 bridgehead atoms. The molecule has 2 atom stereocenters. The second kappa shape index (κ2) is 5.07. The largest absolute Gasteiger partial charge is 0.281 e. The van der Waals surface area contributed by atoms with Crippen LogP contribution in [0.1, 0.15) is 31.4 Å². The van der Waals surface area contributed by atoms with E-state index in [0.717, 1.165) is 25.7 Å². The summed E-state index contributed by atoms with van der Waals surface area (Å²) in [6.07, 6.45) is 5.46. The molecule has 1 heterocycles. The normalized spacial score (nSPS) is 26.0. The molecule has 7 heteroatoms. The number of hydrogen-bond donors (Lipinski definition) is 2. The van der Waals surface area contributed by atoms with Crippen LogP contribution in [0.3, 0.4) is 0 Å². The highest BCUT2D eigenvalue weighted by Crippen LogP contribution is 2.26. The molecule has 1 aromatic heterocycles. The topological polar surface area (TPSA) is 74.8 Å². The van der Waals surface area contributed by atoms with Gasteiger partial charge in [-0.2, -0.15) is 5.10 Å². The van der Waals surface area contributed by atoms with Crippen molar-refractivity contribution in [1.82, 2.24) is 14.9 Å². The third-order valence-corrected chi connectivity index (χ3v) is 5.76. The summed E-state index contributed by atoms with van der Waals surface area (Å²) >= 11 is 3.54. The monoisotopic (exact) mass is 321 g/mol. The van der Waals surface area contributed by atoms with Gasteiger partial charge in [-0.15, -0.1) is 0 Å². The molecule has 1 aliphatic rings. The fourth-order valence-electron chi connectivity index (χ4n) is 2.09. The number of rotatable bonds is 3. The van der Waals surface area contributed by atoms with Crippen LogP contribution in [-0.4, -0.2) is 29.5 Å². The predicted molar refractivity (Wildman–Crippen MR) is 68.6 cm³/mol. The number of H-pyrrole nitrogens is 1. The van der Waals surface area contributed by atoms with Gasteiger partial charge in [0.15, 0.2) is 0 Å². The minimum Gasteiger partial charge on any atom is -0.281 e. The molecule has 0 saturated heterocycles. The Kier molecular flexibility index (Phi) is 3.89. The minimum absolute atomic E-state index is 0.0250. The van der Waals surface area contributed by atoms with E-state index in [4.69, 9.17) is 0 Å². The SMILES string of the molecule is Cc1[nH]ncc1S(=O)(=O)NC1CCCCC1Br. The van der Waals surface area contributed by atoms with Gasteiger partial charge < -0.3 is 0 Å². The molecule has 0 radical (unpaired) electrons. The van der Waals surface area contributed by atoms with E-state index < -0.39 is 10.0 Å². The Hall–Kier alpha value is -0.400. The Morgan fingerprint density at radius 2 is 2.18 bits per heavy atom. The van der Waals surface area contributed by atoms with Crippen LogP contribution in [0.2, 0.25) is 0 Å². The van der Waals surface area contributed by atoms with Gasteiger partial charge >= 0.3 is 0 Å². The maximum absolute atomic E-state index is 12.1. The van der Waals surface area contributed by atoms with Crippen molar-refractivity contribution >= 4 is 26.0 Å². The third kappa shape index (κ3) is 2.89. The van der Waals surface area contributed by atoms with Gasteiger partial charge in [-0.25, -0.2) is 13.1 Å². The Bertz CT molecular complexity index is 485. The van der Waals surface area contributed by atoms with Crippen molar-refractivity contribution < 1.29 is 8.42 Å². The van der Waals surface area contributed by atoms with Gasteiger partial charge in [-0.3, -0.25) is 5.10 Å². The molecule has 2 rings (SSSR count). The number of aryl methyl sites for hydroxylation is 1. The second-order valence-electron chi connectivity index (χ2n) is 4.39. The zero-order valence-electron chi connectivity index (χ0n) is 9.61. The number of sulfonamides is 1. The van der Waals surface area contributed by atoms with Crippen molar-refractivity contribution in [2.45, 2.75) is 48.4 Å². The van der Waals surface area contributed by atoms with Crippen LogP contribution in [0, 0.1) is 6.92 Å². The van der Waals surface area contributed by atoms with Crippen LogP contribution in [-0.2, 0) is 10.0 Å². The van der Waals surface area contributed by atoms with Crippen molar-refractivity contribution in [3.8, 4) is 0 Å². The Balaban J connectivity index is 2.15. The molecule has 0 amide bonds. The van der Waals surface area contributed by atoms with Crippen LogP contribution in [0.4, 0.5) is 0 Å². The van der Waals surface area contributed by atoms with E-state index in [0.29, 0.717) is 5.69 Å². The lowest BCUT2D eigenvalue weighted by molar-refractivity contribution is 0.427. The zero-order chi connectivity index (χ0) is 12.5. The molecule has 2 unspecified atom stereocenters. The standard InChI is InChI=1S/C10H16BrN3O2S/c1-7-10(6-12-13-7)17(15,16)14-9-5-3-2-4-8(9)11/h6,8-9,14H,2-5H2,1H3,(H,12,13). The van der Waals surface area contributed by atoms with Crippen molar-refractivity contribution in [2.24, 2.45) is 0 Å². The molecule has 5 nitrogen and oxygen atoms in total. The van der Waals surface area contributed by atoms with E-state index in [1.807, 2.05) is 0 Å².